The molecule has 1 saturated heterocycles. The van der Waals surface area contributed by atoms with Crippen LogP contribution in [0.15, 0.2) is 18.2 Å². The van der Waals surface area contributed by atoms with Crippen LogP contribution in [0.1, 0.15) is 17.5 Å². The van der Waals surface area contributed by atoms with E-state index in [1.54, 1.807) is 0 Å². The average Bonchev–Trinajstić information content (AvgIpc) is 2.40. The maximum atomic E-state index is 5.31. The number of terminal acetylenes is 1. The molecule has 0 bridgehead atoms. The van der Waals surface area contributed by atoms with Gasteiger partial charge in [0.15, 0.2) is 0 Å². The highest BCUT2D eigenvalue weighted by molar-refractivity contribution is 5.56. The Morgan fingerprint density at radius 1 is 1.17 bits per heavy atom. The van der Waals surface area contributed by atoms with Gasteiger partial charge < -0.3 is 4.90 Å². The predicted octanol–water partition coefficient (Wildman–Crippen LogP) is 2.45. The van der Waals surface area contributed by atoms with Crippen LogP contribution < -0.4 is 4.90 Å². The van der Waals surface area contributed by atoms with Gasteiger partial charge in [0.1, 0.15) is 0 Å². The molecule has 0 aromatic heterocycles. The summed E-state index contributed by atoms with van der Waals surface area (Å²) >= 11 is 0. The number of benzene rings is 1. The highest BCUT2D eigenvalue weighted by atomic mass is 15.3. The molecule has 1 aromatic carbocycles. The monoisotopic (exact) mass is 242 g/mol. The maximum Gasteiger partial charge on any atom is 0.0399 e. The first-order chi connectivity index (χ1) is 8.72. The van der Waals surface area contributed by atoms with Crippen LogP contribution in [0, 0.1) is 26.2 Å². The van der Waals surface area contributed by atoms with Gasteiger partial charge in [0.25, 0.3) is 0 Å². The predicted molar refractivity (Wildman–Crippen MR) is 78.0 cm³/mol. The second-order valence-electron chi connectivity index (χ2n) is 5.00. The summed E-state index contributed by atoms with van der Waals surface area (Å²) < 4.78 is 0. The Bertz CT molecular complexity index is 437. The zero-order valence-electron chi connectivity index (χ0n) is 11.4. The van der Waals surface area contributed by atoms with E-state index >= 15 is 0 Å². The molecule has 1 aliphatic heterocycles. The van der Waals surface area contributed by atoms with Crippen molar-refractivity contribution in [3.8, 4) is 12.3 Å². The second kappa shape index (κ2) is 5.93. The number of aryl methyl sites for hydroxylation is 1. The molecule has 0 N–H and O–H groups in total. The van der Waals surface area contributed by atoms with Crippen LogP contribution in [0.3, 0.4) is 0 Å². The fraction of sp³-hybridized carbons (Fsp3) is 0.500. The summed E-state index contributed by atoms with van der Waals surface area (Å²) in [6.07, 6.45) is 6.18. The zero-order chi connectivity index (χ0) is 13.0. The molecular formula is C16H22N2. The Kier molecular flexibility index (Phi) is 4.28. The Morgan fingerprint density at radius 2 is 1.89 bits per heavy atom. The summed E-state index contributed by atoms with van der Waals surface area (Å²) in [5, 5.41) is 0. The van der Waals surface area contributed by atoms with Gasteiger partial charge in [0, 0.05) is 44.8 Å². The third-order valence-corrected chi connectivity index (χ3v) is 3.86. The number of rotatable bonds is 3. The molecule has 0 amide bonds. The second-order valence-corrected chi connectivity index (χ2v) is 5.00. The van der Waals surface area contributed by atoms with Gasteiger partial charge in [-0.05, 0) is 31.0 Å². The fourth-order valence-electron chi connectivity index (χ4n) is 2.51. The van der Waals surface area contributed by atoms with E-state index in [4.69, 9.17) is 6.42 Å². The summed E-state index contributed by atoms with van der Waals surface area (Å²) in [6.45, 7) is 9.89. The van der Waals surface area contributed by atoms with Crippen LogP contribution >= 0.6 is 0 Å². The minimum absolute atomic E-state index is 0.865. The van der Waals surface area contributed by atoms with Crippen LogP contribution in [0.2, 0.25) is 0 Å². The minimum Gasteiger partial charge on any atom is -0.369 e. The van der Waals surface area contributed by atoms with Gasteiger partial charge in [-0.3, -0.25) is 4.90 Å². The van der Waals surface area contributed by atoms with Gasteiger partial charge in [0.05, 0.1) is 0 Å². The molecular weight excluding hydrogens is 220 g/mol. The van der Waals surface area contributed by atoms with E-state index in [0.717, 1.165) is 39.1 Å². The van der Waals surface area contributed by atoms with Crippen molar-refractivity contribution in [2.24, 2.45) is 0 Å². The first-order valence-electron chi connectivity index (χ1n) is 6.69. The van der Waals surface area contributed by atoms with Crippen molar-refractivity contribution in [1.29, 1.82) is 0 Å². The van der Waals surface area contributed by atoms with E-state index in [0.29, 0.717) is 0 Å². The van der Waals surface area contributed by atoms with Gasteiger partial charge in [0.2, 0.25) is 0 Å². The normalized spacial score (nSPS) is 16.6. The van der Waals surface area contributed by atoms with E-state index in [1.807, 2.05) is 0 Å². The molecule has 18 heavy (non-hydrogen) atoms. The minimum atomic E-state index is 0.865. The summed E-state index contributed by atoms with van der Waals surface area (Å²) in [4.78, 5) is 4.95. The van der Waals surface area contributed by atoms with Crippen molar-refractivity contribution in [2.45, 2.75) is 20.3 Å². The molecule has 0 radical (unpaired) electrons. The average molecular weight is 242 g/mol. The van der Waals surface area contributed by atoms with Gasteiger partial charge >= 0.3 is 0 Å². The Morgan fingerprint density at radius 3 is 2.56 bits per heavy atom. The standard InChI is InChI=1S/C16H22N2/c1-4-5-9-17-10-12-18(13-11-17)16-8-6-7-14(2)15(16)3/h1,6-8H,5,9-13H2,2-3H3. The zero-order valence-corrected chi connectivity index (χ0v) is 11.4. The van der Waals surface area contributed by atoms with Crippen molar-refractivity contribution in [3.05, 3.63) is 29.3 Å². The van der Waals surface area contributed by atoms with E-state index in [-0.39, 0.29) is 0 Å². The Hall–Kier alpha value is -1.46. The van der Waals surface area contributed by atoms with E-state index in [2.05, 4.69) is 47.8 Å². The molecule has 2 rings (SSSR count). The Balaban J connectivity index is 1.97. The van der Waals surface area contributed by atoms with E-state index in [1.165, 1.54) is 16.8 Å². The van der Waals surface area contributed by atoms with Gasteiger partial charge in [-0.25, -0.2) is 0 Å². The summed E-state index contributed by atoms with van der Waals surface area (Å²) in [6, 6.07) is 6.57. The first-order valence-corrected chi connectivity index (χ1v) is 6.69. The lowest BCUT2D eigenvalue weighted by atomic mass is 10.1. The summed E-state index contributed by atoms with van der Waals surface area (Å²) in [7, 11) is 0. The van der Waals surface area contributed by atoms with Crippen LogP contribution in [-0.4, -0.2) is 37.6 Å². The highest BCUT2D eigenvalue weighted by Gasteiger charge is 2.17. The van der Waals surface area contributed by atoms with Gasteiger partial charge in [-0.1, -0.05) is 12.1 Å². The molecule has 1 aliphatic rings. The van der Waals surface area contributed by atoms with Crippen molar-refractivity contribution in [2.75, 3.05) is 37.6 Å². The third kappa shape index (κ3) is 2.86. The molecule has 96 valence electrons. The van der Waals surface area contributed by atoms with Gasteiger partial charge in [-0.2, -0.15) is 0 Å². The largest absolute Gasteiger partial charge is 0.369 e. The topological polar surface area (TPSA) is 6.48 Å². The molecule has 2 heteroatoms. The van der Waals surface area contributed by atoms with Gasteiger partial charge in [-0.15, -0.1) is 12.3 Å². The summed E-state index contributed by atoms with van der Waals surface area (Å²) in [5.74, 6) is 2.72. The molecule has 1 aromatic rings. The summed E-state index contributed by atoms with van der Waals surface area (Å²) in [5.41, 5.74) is 4.18. The lowest BCUT2D eigenvalue weighted by Crippen LogP contribution is -2.46. The van der Waals surface area contributed by atoms with E-state index < -0.39 is 0 Å². The van der Waals surface area contributed by atoms with Crippen LogP contribution in [0.5, 0.6) is 0 Å². The number of anilines is 1. The molecule has 1 fully saturated rings. The van der Waals surface area contributed by atoms with Crippen molar-refractivity contribution in [1.82, 2.24) is 4.90 Å². The van der Waals surface area contributed by atoms with Crippen molar-refractivity contribution < 1.29 is 0 Å². The molecule has 0 spiro atoms. The molecule has 2 nitrogen and oxygen atoms in total. The van der Waals surface area contributed by atoms with Crippen molar-refractivity contribution in [3.63, 3.8) is 0 Å². The maximum absolute atomic E-state index is 5.31. The Labute approximate surface area is 111 Å². The van der Waals surface area contributed by atoms with Crippen LogP contribution in [0.25, 0.3) is 0 Å². The number of nitrogens with zero attached hydrogens (tertiary/aromatic N) is 2. The highest BCUT2D eigenvalue weighted by Crippen LogP contribution is 2.23. The molecule has 0 saturated carbocycles. The SMILES string of the molecule is C#CCCN1CCN(c2cccc(C)c2C)CC1. The molecule has 0 atom stereocenters. The smallest absolute Gasteiger partial charge is 0.0399 e. The van der Waals surface area contributed by atoms with Crippen LogP contribution in [0.4, 0.5) is 5.69 Å². The van der Waals surface area contributed by atoms with E-state index in [9.17, 15) is 0 Å². The molecule has 0 aliphatic carbocycles. The van der Waals surface area contributed by atoms with Crippen LogP contribution in [-0.2, 0) is 0 Å². The third-order valence-electron chi connectivity index (χ3n) is 3.86. The first kappa shape index (κ1) is 13.0. The van der Waals surface area contributed by atoms with Crippen molar-refractivity contribution >= 4 is 5.69 Å². The lowest BCUT2D eigenvalue weighted by Gasteiger charge is -2.36. The number of piperazine rings is 1. The molecule has 0 unspecified atom stereocenters. The lowest BCUT2D eigenvalue weighted by molar-refractivity contribution is 0.264. The quantitative estimate of drug-likeness (QED) is 0.751. The molecule has 1 heterocycles. The fourth-order valence-corrected chi connectivity index (χ4v) is 2.51. The number of hydrogen-bond donors (Lipinski definition) is 0. The number of hydrogen-bond acceptors (Lipinski definition) is 2.